The number of likely N-dealkylation sites (tertiary alicyclic amines) is 1. The maximum absolute atomic E-state index is 5.50. The van der Waals surface area contributed by atoms with E-state index < -0.39 is 0 Å². The minimum Gasteiger partial charge on any atom is -0.380 e. The molecule has 16 heavy (non-hydrogen) atoms. The summed E-state index contributed by atoms with van der Waals surface area (Å²) in [6.45, 7) is 7.94. The van der Waals surface area contributed by atoms with Crippen molar-refractivity contribution in [2.45, 2.75) is 51.1 Å². The van der Waals surface area contributed by atoms with E-state index in [0.717, 1.165) is 25.8 Å². The number of rotatable bonds is 5. The molecule has 2 saturated heterocycles. The third-order valence-corrected chi connectivity index (χ3v) is 3.93. The third-order valence-electron chi connectivity index (χ3n) is 3.93. The fraction of sp³-hybridized carbons (Fsp3) is 1.00. The Labute approximate surface area is 99.5 Å². The molecular weight excluding hydrogens is 200 g/mol. The molecule has 0 saturated carbocycles. The van der Waals surface area contributed by atoms with Gasteiger partial charge in [0.1, 0.15) is 0 Å². The molecule has 0 aromatic rings. The van der Waals surface area contributed by atoms with E-state index in [9.17, 15) is 0 Å². The Balaban J connectivity index is 1.69. The summed E-state index contributed by atoms with van der Waals surface area (Å²) < 4.78 is 5.50. The Morgan fingerprint density at radius 2 is 2.12 bits per heavy atom. The molecule has 0 aromatic carbocycles. The molecule has 0 radical (unpaired) electrons. The van der Waals surface area contributed by atoms with E-state index in [1.54, 1.807) is 0 Å². The molecule has 0 amide bonds. The molecule has 2 aliphatic rings. The average Bonchev–Trinajstić information content (AvgIpc) is 2.85. The molecule has 0 bridgehead atoms. The van der Waals surface area contributed by atoms with Crippen LogP contribution < -0.4 is 5.32 Å². The second-order valence-corrected chi connectivity index (χ2v) is 5.13. The lowest BCUT2D eigenvalue weighted by atomic mass is 10.1. The quantitative estimate of drug-likeness (QED) is 0.771. The van der Waals surface area contributed by atoms with Gasteiger partial charge in [0.05, 0.1) is 6.61 Å². The van der Waals surface area contributed by atoms with Gasteiger partial charge in [-0.05, 0) is 45.2 Å². The number of nitrogens with one attached hydrogen (secondary N) is 1. The first kappa shape index (κ1) is 12.3. The molecule has 0 aromatic heterocycles. The highest BCUT2D eigenvalue weighted by molar-refractivity contribution is 4.79. The standard InChI is InChI=1S/C13H26N2O/c1-2-13(15-7-3-4-8-15)10-14-12-6-5-9-16-11-12/h12-14H,2-11H2,1H3. The lowest BCUT2D eigenvalue weighted by Gasteiger charge is -2.30. The zero-order valence-corrected chi connectivity index (χ0v) is 10.6. The van der Waals surface area contributed by atoms with Crippen LogP contribution in [0.1, 0.15) is 39.0 Å². The second-order valence-electron chi connectivity index (χ2n) is 5.13. The Morgan fingerprint density at radius 3 is 2.75 bits per heavy atom. The maximum Gasteiger partial charge on any atom is 0.0619 e. The van der Waals surface area contributed by atoms with Crippen LogP contribution in [0.5, 0.6) is 0 Å². The van der Waals surface area contributed by atoms with Gasteiger partial charge in [0.25, 0.3) is 0 Å². The maximum atomic E-state index is 5.50. The molecule has 1 N–H and O–H groups in total. The minimum absolute atomic E-state index is 0.602. The van der Waals surface area contributed by atoms with Crippen molar-refractivity contribution in [1.82, 2.24) is 10.2 Å². The first-order chi connectivity index (χ1) is 7.90. The fourth-order valence-electron chi connectivity index (χ4n) is 2.84. The van der Waals surface area contributed by atoms with Crippen LogP contribution >= 0.6 is 0 Å². The summed E-state index contributed by atoms with van der Waals surface area (Å²) in [5.74, 6) is 0. The van der Waals surface area contributed by atoms with Gasteiger partial charge in [-0.2, -0.15) is 0 Å². The van der Waals surface area contributed by atoms with Crippen molar-refractivity contribution in [3.8, 4) is 0 Å². The van der Waals surface area contributed by atoms with Crippen molar-refractivity contribution < 1.29 is 4.74 Å². The molecule has 0 spiro atoms. The molecule has 2 atom stereocenters. The van der Waals surface area contributed by atoms with E-state index in [1.165, 1.54) is 45.2 Å². The van der Waals surface area contributed by atoms with Gasteiger partial charge in [0, 0.05) is 25.2 Å². The predicted octanol–water partition coefficient (Wildman–Crippen LogP) is 1.63. The monoisotopic (exact) mass is 226 g/mol. The van der Waals surface area contributed by atoms with Crippen molar-refractivity contribution in [3.63, 3.8) is 0 Å². The predicted molar refractivity (Wildman–Crippen MR) is 66.7 cm³/mol. The van der Waals surface area contributed by atoms with Crippen molar-refractivity contribution >= 4 is 0 Å². The largest absolute Gasteiger partial charge is 0.380 e. The number of hydrogen-bond donors (Lipinski definition) is 1. The highest BCUT2D eigenvalue weighted by Crippen LogP contribution is 2.14. The van der Waals surface area contributed by atoms with Gasteiger partial charge in [-0.15, -0.1) is 0 Å². The Hall–Kier alpha value is -0.120. The first-order valence-corrected chi connectivity index (χ1v) is 6.95. The second kappa shape index (κ2) is 6.58. The number of hydrogen-bond acceptors (Lipinski definition) is 3. The summed E-state index contributed by atoms with van der Waals surface area (Å²) in [5, 5.41) is 3.68. The normalized spacial score (nSPS) is 29.4. The third kappa shape index (κ3) is 3.44. The van der Waals surface area contributed by atoms with Gasteiger partial charge in [0.2, 0.25) is 0 Å². The summed E-state index contributed by atoms with van der Waals surface area (Å²) >= 11 is 0. The molecule has 2 heterocycles. The lowest BCUT2D eigenvalue weighted by Crippen LogP contribution is -2.46. The summed E-state index contributed by atoms with van der Waals surface area (Å²) in [6, 6.07) is 1.34. The zero-order chi connectivity index (χ0) is 11.2. The van der Waals surface area contributed by atoms with Crippen LogP contribution in [0.4, 0.5) is 0 Å². The molecule has 0 aliphatic carbocycles. The van der Waals surface area contributed by atoms with Gasteiger partial charge >= 0.3 is 0 Å². The molecule has 94 valence electrons. The topological polar surface area (TPSA) is 24.5 Å². The van der Waals surface area contributed by atoms with E-state index in [-0.39, 0.29) is 0 Å². The van der Waals surface area contributed by atoms with Crippen LogP contribution in [0.15, 0.2) is 0 Å². The number of nitrogens with zero attached hydrogens (tertiary/aromatic N) is 1. The van der Waals surface area contributed by atoms with E-state index in [2.05, 4.69) is 17.1 Å². The van der Waals surface area contributed by atoms with Crippen LogP contribution in [-0.2, 0) is 4.74 Å². The Kier molecular flexibility index (Phi) is 5.07. The van der Waals surface area contributed by atoms with Crippen molar-refractivity contribution in [2.75, 3.05) is 32.8 Å². The van der Waals surface area contributed by atoms with E-state index in [0.29, 0.717) is 6.04 Å². The Morgan fingerprint density at radius 1 is 1.31 bits per heavy atom. The van der Waals surface area contributed by atoms with E-state index in [4.69, 9.17) is 4.74 Å². The highest BCUT2D eigenvalue weighted by Gasteiger charge is 2.21. The van der Waals surface area contributed by atoms with Crippen LogP contribution in [0.2, 0.25) is 0 Å². The van der Waals surface area contributed by atoms with Crippen LogP contribution in [0.25, 0.3) is 0 Å². The van der Waals surface area contributed by atoms with E-state index >= 15 is 0 Å². The summed E-state index contributed by atoms with van der Waals surface area (Å²) in [6.07, 6.45) is 6.56. The van der Waals surface area contributed by atoms with Crippen LogP contribution in [0, 0.1) is 0 Å². The van der Waals surface area contributed by atoms with Crippen LogP contribution in [0.3, 0.4) is 0 Å². The summed E-state index contributed by atoms with van der Waals surface area (Å²) in [4.78, 5) is 2.65. The SMILES string of the molecule is CCC(CNC1CCCOC1)N1CCCC1. The molecule has 3 heteroatoms. The molecule has 2 fully saturated rings. The molecule has 2 aliphatic heterocycles. The summed E-state index contributed by atoms with van der Waals surface area (Å²) in [7, 11) is 0. The Bertz CT molecular complexity index is 186. The summed E-state index contributed by atoms with van der Waals surface area (Å²) in [5.41, 5.74) is 0. The molecular formula is C13H26N2O. The smallest absolute Gasteiger partial charge is 0.0619 e. The first-order valence-electron chi connectivity index (χ1n) is 6.95. The van der Waals surface area contributed by atoms with Gasteiger partial charge in [0.15, 0.2) is 0 Å². The highest BCUT2D eigenvalue weighted by atomic mass is 16.5. The van der Waals surface area contributed by atoms with Gasteiger partial charge in [-0.1, -0.05) is 6.92 Å². The van der Waals surface area contributed by atoms with Gasteiger partial charge < -0.3 is 10.1 Å². The van der Waals surface area contributed by atoms with Gasteiger partial charge in [-0.25, -0.2) is 0 Å². The van der Waals surface area contributed by atoms with Crippen molar-refractivity contribution in [2.24, 2.45) is 0 Å². The minimum atomic E-state index is 0.602. The zero-order valence-electron chi connectivity index (χ0n) is 10.6. The van der Waals surface area contributed by atoms with Crippen molar-refractivity contribution in [3.05, 3.63) is 0 Å². The average molecular weight is 226 g/mol. The molecule has 2 rings (SSSR count). The lowest BCUT2D eigenvalue weighted by molar-refractivity contribution is 0.0672. The van der Waals surface area contributed by atoms with Crippen molar-refractivity contribution in [1.29, 1.82) is 0 Å². The fourth-order valence-corrected chi connectivity index (χ4v) is 2.84. The van der Waals surface area contributed by atoms with Gasteiger partial charge in [-0.3, -0.25) is 4.90 Å². The molecule has 3 nitrogen and oxygen atoms in total. The molecule has 2 unspecified atom stereocenters. The van der Waals surface area contributed by atoms with Crippen LogP contribution in [-0.4, -0.2) is 49.8 Å². The van der Waals surface area contributed by atoms with E-state index in [1.807, 2.05) is 0 Å². The number of ether oxygens (including phenoxy) is 1.